The van der Waals surface area contributed by atoms with Crippen molar-refractivity contribution in [2.45, 2.75) is 56.7 Å². The van der Waals surface area contributed by atoms with E-state index in [1.54, 1.807) is 24.3 Å². The molecule has 4 amide bonds. The molecule has 4 atom stereocenters. The van der Waals surface area contributed by atoms with Gasteiger partial charge in [-0.1, -0.05) is 103 Å². The second-order valence-electron chi connectivity index (χ2n) is 13.8. The summed E-state index contributed by atoms with van der Waals surface area (Å²) in [6, 6.07) is 33.1. The van der Waals surface area contributed by atoms with E-state index in [0.717, 1.165) is 27.1 Å². The predicted octanol–water partition coefficient (Wildman–Crippen LogP) is 5.14. The third-order valence-corrected chi connectivity index (χ3v) is 10.5. The average Bonchev–Trinajstić information content (AvgIpc) is 3.71. The number of thiophene rings is 1. The molecule has 3 heterocycles. The molecule has 2 aliphatic heterocycles. The zero-order chi connectivity index (χ0) is 39.4. The van der Waals surface area contributed by atoms with Gasteiger partial charge in [0.25, 0.3) is 0 Å². The molecule has 4 aromatic carbocycles. The van der Waals surface area contributed by atoms with Crippen molar-refractivity contribution in [1.82, 2.24) is 16.0 Å². The number of benzene rings is 4. The lowest BCUT2D eigenvalue weighted by molar-refractivity contribution is -0.144. The van der Waals surface area contributed by atoms with Gasteiger partial charge in [0.15, 0.2) is 5.78 Å². The quantitative estimate of drug-likeness (QED) is 0.107. The highest BCUT2D eigenvalue weighted by atomic mass is 32.1. The maximum Gasteiger partial charge on any atom is 0.307 e. The fourth-order valence-corrected chi connectivity index (χ4v) is 7.38. The number of aliphatic carboxylic acids is 1. The molecule has 0 radical (unpaired) electrons. The minimum absolute atomic E-state index is 0.0208. The Hall–Kier alpha value is -6.40. The summed E-state index contributed by atoms with van der Waals surface area (Å²) >= 11 is 1.39. The van der Waals surface area contributed by atoms with E-state index in [-0.39, 0.29) is 32.1 Å². The maximum absolute atomic E-state index is 14.4. The number of carbonyl (C=O) groups excluding carboxylic acids is 5. The number of fused-ring (bicyclic) bond motifs is 17. The van der Waals surface area contributed by atoms with E-state index < -0.39 is 65.8 Å². The van der Waals surface area contributed by atoms with Gasteiger partial charge in [0.2, 0.25) is 23.6 Å². The Morgan fingerprint density at radius 1 is 0.589 bits per heavy atom. The first-order chi connectivity index (χ1) is 27.1. The van der Waals surface area contributed by atoms with Crippen molar-refractivity contribution in [2.24, 2.45) is 5.92 Å². The first-order valence-corrected chi connectivity index (χ1v) is 19.2. The molecule has 1 aromatic heterocycles. The van der Waals surface area contributed by atoms with Gasteiger partial charge >= 0.3 is 5.97 Å². The molecule has 0 unspecified atom stereocenters. The van der Waals surface area contributed by atoms with Gasteiger partial charge in [-0.3, -0.25) is 28.8 Å². The average molecular weight is 771 g/mol. The second-order valence-corrected chi connectivity index (χ2v) is 14.8. The number of rotatable bonds is 8. The van der Waals surface area contributed by atoms with E-state index in [9.17, 15) is 33.9 Å². The Balaban J connectivity index is 1.35. The van der Waals surface area contributed by atoms with Gasteiger partial charge in [-0.15, -0.1) is 11.3 Å². The third kappa shape index (κ3) is 11.1. The van der Waals surface area contributed by atoms with Crippen LogP contribution < -0.4 is 21.3 Å². The Morgan fingerprint density at radius 2 is 1.18 bits per heavy atom. The van der Waals surface area contributed by atoms with Gasteiger partial charge in [-0.25, -0.2) is 0 Å². The second kappa shape index (κ2) is 18.8. The van der Waals surface area contributed by atoms with Crippen molar-refractivity contribution in [3.63, 3.8) is 0 Å². The lowest BCUT2D eigenvalue weighted by Crippen LogP contribution is -2.57. The van der Waals surface area contributed by atoms with Gasteiger partial charge in [-0.05, 0) is 64.2 Å². The molecular formula is C44H42N4O7S. The normalized spacial score (nSPS) is 20.0. The number of hydrogen-bond acceptors (Lipinski definition) is 7. The smallest absolute Gasteiger partial charge is 0.307 e. The topological polar surface area (TPSA) is 171 Å². The molecule has 12 heteroatoms. The summed E-state index contributed by atoms with van der Waals surface area (Å²) in [4.78, 5) is 81.9. The van der Waals surface area contributed by atoms with E-state index in [1.807, 2.05) is 102 Å². The van der Waals surface area contributed by atoms with Crippen LogP contribution in [0.3, 0.4) is 0 Å². The van der Waals surface area contributed by atoms with Crippen LogP contribution in [0, 0.1) is 5.92 Å². The van der Waals surface area contributed by atoms with Crippen molar-refractivity contribution in [3.05, 3.63) is 148 Å². The molecule has 11 nitrogen and oxygen atoms in total. The van der Waals surface area contributed by atoms with Crippen LogP contribution in [-0.4, -0.2) is 58.6 Å². The number of ketones is 1. The summed E-state index contributed by atoms with van der Waals surface area (Å²) in [5.41, 5.74) is 4.45. The first-order valence-electron chi connectivity index (χ1n) is 18.3. The van der Waals surface area contributed by atoms with Crippen LogP contribution >= 0.6 is 11.3 Å². The Labute approximate surface area is 328 Å². The van der Waals surface area contributed by atoms with Crippen molar-refractivity contribution in [2.75, 3.05) is 5.32 Å². The molecule has 2 aliphatic rings. The predicted molar refractivity (Wildman–Crippen MR) is 214 cm³/mol. The summed E-state index contributed by atoms with van der Waals surface area (Å²) in [6.07, 6.45) is -0.683. The molecule has 0 spiro atoms. The summed E-state index contributed by atoms with van der Waals surface area (Å²) < 4.78 is 0. The number of carboxylic acids is 1. The zero-order valence-corrected chi connectivity index (χ0v) is 31.3. The Bertz CT molecular complexity index is 2140. The van der Waals surface area contributed by atoms with Gasteiger partial charge in [0.05, 0.1) is 12.0 Å². The summed E-state index contributed by atoms with van der Waals surface area (Å²) in [6.45, 7) is 0. The maximum atomic E-state index is 14.4. The summed E-state index contributed by atoms with van der Waals surface area (Å²) in [7, 11) is 0. The number of hydrogen-bond donors (Lipinski definition) is 5. The molecule has 0 aliphatic carbocycles. The highest BCUT2D eigenvalue weighted by Crippen LogP contribution is 2.22. The Morgan fingerprint density at radius 3 is 1.82 bits per heavy atom. The highest BCUT2D eigenvalue weighted by Gasteiger charge is 2.33. The van der Waals surface area contributed by atoms with Crippen molar-refractivity contribution in [3.8, 4) is 11.1 Å². The number of nitrogens with one attached hydrogen (secondary N) is 4. The van der Waals surface area contributed by atoms with Crippen molar-refractivity contribution < 1.29 is 33.9 Å². The molecule has 286 valence electrons. The van der Waals surface area contributed by atoms with Crippen LogP contribution in [-0.2, 0) is 54.5 Å². The van der Waals surface area contributed by atoms with Gasteiger partial charge < -0.3 is 26.4 Å². The third-order valence-electron chi connectivity index (χ3n) is 9.60. The fourth-order valence-electron chi connectivity index (χ4n) is 6.62. The van der Waals surface area contributed by atoms with Crippen LogP contribution in [0.4, 0.5) is 5.69 Å². The number of carboxylic acid groups (broad SMARTS) is 1. The van der Waals surface area contributed by atoms with Crippen LogP contribution in [0.25, 0.3) is 11.1 Å². The van der Waals surface area contributed by atoms with E-state index >= 15 is 0 Å². The zero-order valence-electron chi connectivity index (χ0n) is 30.5. The number of amides is 4. The summed E-state index contributed by atoms with van der Waals surface area (Å²) in [5, 5.41) is 23.1. The number of anilines is 1. The standard InChI is InChI=1S/C44H42N4O7S/c49-39-25-33(44(54)55)22-29-15-19-34(20-16-29)45-40(50)27-41(51)46-38(26-35-12-7-21-56-35)43(53)48-37(42(52)47-36(39)23-28-8-3-1-4-9-28)24-30-13-17-32(18-14-30)31-10-5-2-6-11-31/h1-21,33,36-38H,22-27H2,(H,45,50)(H,46,51)(H,47,52)(H,48,53)(H,54,55)/t33-,36-,37+,38-/m1/s1. The SMILES string of the molecule is O=C1CC(=O)N[C@H](Cc2cccs2)C(=O)N[C@@H](Cc2ccc(-c3ccccc3)cc2)C(=O)N[C@H](Cc2ccccc2)C(=O)C[C@H](C(=O)O)Cc2ccc(cc2)N1. The van der Waals surface area contributed by atoms with Crippen molar-refractivity contribution >= 4 is 52.4 Å². The minimum atomic E-state index is -1.21. The van der Waals surface area contributed by atoms with Crippen molar-refractivity contribution in [1.29, 1.82) is 0 Å². The van der Waals surface area contributed by atoms with Crippen LogP contribution in [0.1, 0.15) is 34.4 Å². The molecule has 7 rings (SSSR count). The van der Waals surface area contributed by atoms with E-state index in [0.29, 0.717) is 11.3 Å². The van der Waals surface area contributed by atoms with E-state index in [4.69, 9.17) is 0 Å². The van der Waals surface area contributed by atoms with Gasteiger partial charge in [-0.2, -0.15) is 0 Å². The lowest BCUT2D eigenvalue weighted by Gasteiger charge is -2.26. The molecule has 0 fully saturated rings. The molecule has 0 saturated carbocycles. The first kappa shape index (κ1) is 39.3. The van der Waals surface area contributed by atoms with Crippen LogP contribution in [0.2, 0.25) is 0 Å². The monoisotopic (exact) mass is 770 g/mol. The fraction of sp³-hybridized carbons (Fsp3) is 0.227. The molecule has 56 heavy (non-hydrogen) atoms. The minimum Gasteiger partial charge on any atom is -0.481 e. The van der Waals surface area contributed by atoms with Crippen LogP contribution in [0.15, 0.2) is 127 Å². The molecule has 2 bridgehead atoms. The van der Waals surface area contributed by atoms with Crippen LogP contribution in [0.5, 0.6) is 0 Å². The molecule has 0 saturated heterocycles. The number of Topliss-reactive ketones (excluding diaryl/α,β-unsaturated/α-hetero) is 1. The lowest BCUT2D eigenvalue weighted by atomic mass is 9.90. The Kier molecular flexibility index (Phi) is 13.2. The molecule has 5 N–H and O–H groups in total. The highest BCUT2D eigenvalue weighted by molar-refractivity contribution is 7.09. The summed E-state index contributed by atoms with van der Waals surface area (Å²) in [5.74, 6) is -5.38. The van der Waals surface area contributed by atoms with E-state index in [1.165, 1.54) is 11.3 Å². The molecule has 5 aromatic rings. The van der Waals surface area contributed by atoms with Gasteiger partial charge in [0, 0.05) is 29.8 Å². The largest absolute Gasteiger partial charge is 0.481 e. The molecular weight excluding hydrogens is 729 g/mol. The number of carbonyl (C=O) groups is 6. The van der Waals surface area contributed by atoms with E-state index in [2.05, 4.69) is 21.3 Å². The van der Waals surface area contributed by atoms with Gasteiger partial charge in [0.1, 0.15) is 18.5 Å².